The molecule has 7 heteroatoms. The number of rotatable bonds is 5. The number of aromatic nitrogens is 3. The first-order valence-electron chi connectivity index (χ1n) is 7.42. The van der Waals surface area contributed by atoms with Gasteiger partial charge in [-0.3, -0.25) is 19.6 Å². The van der Waals surface area contributed by atoms with Crippen LogP contribution in [-0.4, -0.2) is 33.3 Å². The quantitative estimate of drug-likeness (QED) is 0.746. The van der Waals surface area contributed by atoms with E-state index in [0.717, 1.165) is 5.52 Å². The predicted molar refractivity (Wildman–Crippen MR) is 89.4 cm³/mol. The molecule has 0 atom stereocenters. The molecular formula is C17H15N5O2. The third-order valence-electron chi connectivity index (χ3n) is 3.28. The highest BCUT2D eigenvalue weighted by Crippen LogP contribution is 2.08. The maximum atomic E-state index is 12.1. The number of benzene rings is 1. The van der Waals surface area contributed by atoms with Crippen LogP contribution >= 0.6 is 0 Å². The zero-order chi connectivity index (χ0) is 16.8. The smallest absolute Gasteiger partial charge is 0.271 e. The van der Waals surface area contributed by atoms with E-state index in [1.54, 1.807) is 30.6 Å². The second-order valence-corrected chi connectivity index (χ2v) is 5.03. The summed E-state index contributed by atoms with van der Waals surface area (Å²) in [5, 5.41) is 5.39. The summed E-state index contributed by atoms with van der Waals surface area (Å²) in [5.74, 6) is -0.545. The van der Waals surface area contributed by atoms with Gasteiger partial charge < -0.3 is 10.6 Å². The van der Waals surface area contributed by atoms with Crippen LogP contribution in [0.1, 0.15) is 16.9 Å². The summed E-state index contributed by atoms with van der Waals surface area (Å²) >= 11 is 0. The summed E-state index contributed by atoms with van der Waals surface area (Å²) in [4.78, 5) is 36.2. The fourth-order valence-electron chi connectivity index (χ4n) is 2.11. The molecule has 3 aromatic rings. The lowest BCUT2D eigenvalue weighted by atomic mass is 10.3. The number of hydrogen-bond donors (Lipinski definition) is 2. The Balaban J connectivity index is 1.52. The molecule has 0 unspecified atom stereocenters. The highest BCUT2D eigenvalue weighted by molar-refractivity contribution is 5.94. The Morgan fingerprint density at radius 1 is 1.00 bits per heavy atom. The molecule has 2 N–H and O–H groups in total. The molecule has 120 valence electrons. The van der Waals surface area contributed by atoms with E-state index in [-0.39, 0.29) is 30.5 Å². The molecule has 0 bridgehead atoms. The number of nitrogens with zero attached hydrogens (tertiary/aromatic N) is 3. The van der Waals surface area contributed by atoms with Crippen molar-refractivity contribution in [3.63, 3.8) is 0 Å². The Kier molecular flexibility index (Phi) is 4.71. The second-order valence-electron chi connectivity index (χ2n) is 5.03. The first kappa shape index (κ1) is 15.5. The van der Waals surface area contributed by atoms with Gasteiger partial charge in [-0.25, -0.2) is 4.98 Å². The average Bonchev–Trinajstić information content (AvgIpc) is 2.62. The summed E-state index contributed by atoms with van der Waals surface area (Å²) < 4.78 is 0. The number of nitrogens with one attached hydrogen (secondary N) is 2. The minimum Gasteiger partial charge on any atom is -0.350 e. The predicted octanol–water partition coefficient (Wildman–Crippen LogP) is 1.78. The van der Waals surface area contributed by atoms with Crippen LogP contribution in [0, 0.1) is 0 Å². The molecule has 3 rings (SSSR count). The second kappa shape index (κ2) is 7.28. The summed E-state index contributed by atoms with van der Waals surface area (Å²) in [6, 6.07) is 10.7. The van der Waals surface area contributed by atoms with Gasteiger partial charge in [-0.15, -0.1) is 0 Å². The van der Waals surface area contributed by atoms with Gasteiger partial charge in [-0.1, -0.05) is 12.1 Å². The molecule has 2 amide bonds. The first-order chi connectivity index (χ1) is 11.7. The van der Waals surface area contributed by atoms with Crippen LogP contribution in [0.4, 0.5) is 5.69 Å². The molecule has 0 fully saturated rings. The molecule has 0 aliphatic carbocycles. The third-order valence-corrected chi connectivity index (χ3v) is 3.28. The SMILES string of the molecule is O=C(CCNC(=O)c1cnc2ccccc2n1)Nc1ccncc1. The van der Waals surface area contributed by atoms with E-state index in [0.29, 0.717) is 11.2 Å². The number of carbonyl (C=O) groups is 2. The van der Waals surface area contributed by atoms with Gasteiger partial charge in [0.2, 0.25) is 5.91 Å². The number of amides is 2. The molecule has 0 aliphatic heterocycles. The van der Waals surface area contributed by atoms with Crippen molar-refractivity contribution in [2.24, 2.45) is 0 Å². The molecule has 2 aromatic heterocycles. The minimum atomic E-state index is -0.357. The normalized spacial score (nSPS) is 10.3. The molecule has 0 radical (unpaired) electrons. The molecular weight excluding hydrogens is 306 g/mol. The molecule has 24 heavy (non-hydrogen) atoms. The van der Waals surface area contributed by atoms with Gasteiger partial charge in [0, 0.05) is 31.0 Å². The summed E-state index contributed by atoms with van der Waals surface area (Å²) in [6.07, 6.45) is 4.77. The first-order valence-corrected chi connectivity index (χ1v) is 7.42. The van der Waals surface area contributed by atoms with Crippen LogP contribution in [-0.2, 0) is 4.79 Å². The van der Waals surface area contributed by atoms with Crippen molar-refractivity contribution in [3.05, 3.63) is 60.7 Å². The van der Waals surface area contributed by atoms with Crippen LogP contribution in [0.25, 0.3) is 11.0 Å². The Labute approximate surface area is 138 Å². The Hall–Kier alpha value is -3.35. The number of pyridine rings is 1. The van der Waals surface area contributed by atoms with E-state index in [1.165, 1.54) is 6.20 Å². The van der Waals surface area contributed by atoms with Crippen molar-refractivity contribution in [2.45, 2.75) is 6.42 Å². The Morgan fingerprint density at radius 2 is 1.75 bits per heavy atom. The van der Waals surface area contributed by atoms with Crippen LogP contribution in [0.15, 0.2) is 55.0 Å². The van der Waals surface area contributed by atoms with Crippen LogP contribution < -0.4 is 10.6 Å². The fourth-order valence-corrected chi connectivity index (χ4v) is 2.11. The van der Waals surface area contributed by atoms with E-state index in [9.17, 15) is 9.59 Å². The van der Waals surface area contributed by atoms with Gasteiger partial charge in [0.25, 0.3) is 5.91 Å². The number of anilines is 1. The van der Waals surface area contributed by atoms with Crippen molar-refractivity contribution < 1.29 is 9.59 Å². The maximum absolute atomic E-state index is 12.1. The summed E-state index contributed by atoms with van der Waals surface area (Å²) in [5.41, 5.74) is 2.27. The van der Waals surface area contributed by atoms with Gasteiger partial charge in [-0.2, -0.15) is 0 Å². The molecule has 7 nitrogen and oxygen atoms in total. The van der Waals surface area contributed by atoms with Crippen LogP contribution in [0.5, 0.6) is 0 Å². The van der Waals surface area contributed by atoms with E-state index in [1.807, 2.05) is 18.2 Å². The van der Waals surface area contributed by atoms with Gasteiger partial charge in [-0.05, 0) is 24.3 Å². The van der Waals surface area contributed by atoms with Crippen LogP contribution in [0.2, 0.25) is 0 Å². The van der Waals surface area contributed by atoms with E-state index in [2.05, 4.69) is 25.6 Å². The number of carbonyl (C=O) groups excluding carboxylic acids is 2. The number of para-hydroxylation sites is 2. The van der Waals surface area contributed by atoms with Gasteiger partial charge in [0.05, 0.1) is 17.2 Å². The van der Waals surface area contributed by atoms with Crippen molar-refractivity contribution >= 4 is 28.5 Å². The van der Waals surface area contributed by atoms with Crippen molar-refractivity contribution in [1.82, 2.24) is 20.3 Å². The largest absolute Gasteiger partial charge is 0.350 e. The minimum absolute atomic E-state index is 0.162. The lowest BCUT2D eigenvalue weighted by molar-refractivity contribution is -0.116. The molecule has 0 aliphatic rings. The fraction of sp³-hybridized carbons (Fsp3) is 0.118. The average molecular weight is 321 g/mol. The number of hydrogen-bond acceptors (Lipinski definition) is 5. The molecule has 0 spiro atoms. The van der Waals surface area contributed by atoms with Crippen LogP contribution in [0.3, 0.4) is 0 Å². The van der Waals surface area contributed by atoms with E-state index < -0.39 is 0 Å². The van der Waals surface area contributed by atoms with Gasteiger partial charge >= 0.3 is 0 Å². The topological polar surface area (TPSA) is 96.9 Å². The standard InChI is InChI=1S/C17H15N5O2/c23-16(21-12-5-8-18-9-6-12)7-10-19-17(24)15-11-20-13-3-1-2-4-14(13)22-15/h1-6,8-9,11H,7,10H2,(H,19,24)(H,18,21,23). The van der Waals surface area contributed by atoms with Crippen molar-refractivity contribution in [1.29, 1.82) is 0 Å². The van der Waals surface area contributed by atoms with Gasteiger partial charge in [0.1, 0.15) is 5.69 Å². The Morgan fingerprint density at radius 3 is 2.54 bits per heavy atom. The lowest BCUT2D eigenvalue weighted by Gasteiger charge is -2.06. The summed E-state index contributed by atoms with van der Waals surface area (Å²) in [7, 11) is 0. The highest BCUT2D eigenvalue weighted by atomic mass is 16.2. The maximum Gasteiger partial charge on any atom is 0.271 e. The zero-order valence-corrected chi connectivity index (χ0v) is 12.8. The number of fused-ring (bicyclic) bond motifs is 1. The molecule has 0 saturated carbocycles. The molecule has 1 aromatic carbocycles. The summed E-state index contributed by atoms with van der Waals surface area (Å²) in [6.45, 7) is 0.213. The van der Waals surface area contributed by atoms with Crippen molar-refractivity contribution in [3.8, 4) is 0 Å². The monoisotopic (exact) mass is 321 g/mol. The lowest BCUT2D eigenvalue weighted by Crippen LogP contribution is -2.28. The molecule has 2 heterocycles. The highest BCUT2D eigenvalue weighted by Gasteiger charge is 2.09. The Bertz CT molecular complexity index is 867. The van der Waals surface area contributed by atoms with E-state index >= 15 is 0 Å². The van der Waals surface area contributed by atoms with E-state index in [4.69, 9.17) is 0 Å². The molecule has 0 saturated heterocycles. The zero-order valence-electron chi connectivity index (χ0n) is 12.8. The van der Waals surface area contributed by atoms with Crippen molar-refractivity contribution in [2.75, 3.05) is 11.9 Å². The third kappa shape index (κ3) is 3.89. The van der Waals surface area contributed by atoms with Gasteiger partial charge in [0.15, 0.2) is 0 Å².